The highest BCUT2D eigenvalue weighted by Gasteiger charge is 2.00. The van der Waals surface area contributed by atoms with Gasteiger partial charge in [-0.1, -0.05) is 0 Å². The molecule has 0 saturated heterocycles. The summed E-state index contributed by atoms with van der Waals surface area (Å²) in [5.41, 5.74) is 1.45. The second kappa shape index (κ2) is 7.07. The Hall–Kier alpha value is -2.65. The number of anilines is 3. The van der Waals surface area contributed by atoms with E-state index in [0.29, 0.717) is 24.7 Å². The summed E-state index contributed by atoms with van der Waals surface area (Å²) in [5, 5.41) is 15.0. The minimum atomic E-state index is 0.497. The summed E-state index contributed by atoms with van der Waals surface area (Å²) in [5.74, 6) is 1.23. The van der Waals surface area contributed by atoms with E-state index in [9.17, 15) is 0 Å². The maximum atomic E-state index is 8.74. The average molecular weight is 269 g/mol. The smallest absolute Gasteiger partial charge is 0.229 e. The molecule has 0 unspecified atom stereocenters. The van der Waals surface area contributed by atoms with E-state index in [1.165, 1.54) is 0 Å². The van der Waals surface area contributed by atoms with Gasteiger partial charge in [-0.3, -0.25) is 0 Å². The van der Waals surface area contributed by atoms with Crippen LogP contribution in [0, 0.1) is 11.3 Å². The molecule has 0 fully saturated rings. The van der Waals surface area contributed by atoms with Gasteiger partial charge in [0.1, 0.15) is 5.82 Å². The highest BCUT2D eigenvalue weighted by molar-refractivity contribution is 5.56. The molecule has 6 heteroatoms. The number of aromatic nitrogens is 2. The van der Waals surface area contributed by atoms with E-state index >= 15 is 0 Å². The fourth-order valence-electron chi connectivity index (χ4n) is 1.56. The first-order valence-electron chi connectivity index (χ1n) is 6.15. The van der Waals surface area contributed by atoms with Gasteiger partial charge in [-0.15, -0.1) is 0 Å². The fraction of sp³-hybridized carbons (Fsp3) is 0.214. The number of benzene rings is 1. The number of methoxy groups -OCH3 is 1. The number of nitriles is 1. The van der Waals surface area contributed by atoms with Gasteiger partial charge in [-0.2, -0.15) is 10.2 Å². The van der Waals surface area contributed by atoms with Crippen LogP contribution in [0.25, 0.3) is 0 Å². The number of hydrogen-bond acceptors (Lipinski definition) is 6. The molecular weight excluding hydrogens is 254 g/mol. The largest absolute Gasteiger partial charge is 0.383 e. The SMILES string of the molecule is COCCNc1ccnc(Nc2ccc(C#N)cc2)n1. The molecule has 1 aromatic carbocycles. The van der Waals surface area contributed by atoms with Gasteiger partial charge in [-0.25, -0.2) is 4.98 Å². The van der Waals surface area contributed by atoms with Crippen molar-refractivity contribution in [2.24, 2.45) is 0 Å². The molecule has 0 spiro atoms. The zero-order valence-corrected chi connectivity index (χ0v) is 11.1. The molecule has 0 saturated carbocycles. The number of hydrogen-bond donors (Lipinski definition) is 2. The van der Waals surface area contributed by atoms with Gasteiger partial charge in [0.25, 0.3) is 0 Å². The monoisotopic (exact) mass is 269 g/mol. The molecule has 0 aliphatic heterocycles. The predicted molar refractivity (Wildman–Crippen MR) is 76.8 cm³/mol. The van der Waals surface area contributed by atoms with E-state index in [4.69, 9.17) is 10.00 Å². The minimum absolute atomic E-state index is 0.497. The molecule has 0 radical (unpaired) electrons. The molecule has 2 rings (SSSR count). The van der Waals surface area contributed by atoms with Crippen molar-refractivity contribution in [3.8, 4) is 6.07 Å². The van der Waals surface area contributed by atoms with E-state index in [1.54, 1.807) is 31.5 Å². The van der Waals surface area contributed by atoms with E-state index in [1.807, 2.05) is 12.1 Å². The summed E-state index contributed by atoms with van der Waals surface area (Å²) >= 11 is 0. The van der Waals surface area contributed by atoms with Crippen LogP contribution >= 0.6 is 0 Å². The van der Waals surface area contributed by atoms with Crippen LogP contribution < -0.4 is 10.6 Å². The summed E-state index contributed by atoms with van der Waals surface area (Å²) in [6, 6.07) is 11.0. The lowest BCUT2D eigenvalue weighted by molar-refractivity contribution is 0.210. The van der Waals surface area contributed by atoms with Crippen LogP contribution in [0.1, 0.15) is 5.56 Å². The van der Waals surface area contributed by atoms with Crippen molar-refractivity contribution in [2.45, 2.75) is 0 Å². The standard InChI is InChI=1S/C14H15N5O/c1-20-9-8-16-13-6-7-17-14(19-13)18-12-4-2-11(10-15)3-5-12/h2-7H,8-9H2,1H3,(H2,16,17,18,19). The Labute approximate surface area is 117 Å². The number of rotatable bonds is 6. The van der Waals surface area contributed by atoms with Crippen LogP contribution in [0.15, 0.2) is 36.5 Å². The second-order valence-corrected chi connectivity index (χ2v) is 4.00. The van der Waals surface area contributed by atoms with Gasteiger partial charge in [-0.05, 0) is 30.3 Å². The molecule has 0 aliphatic rings. The maximum Gasteiger partial charge on any atom is 0.229 e. The Morgan fingerprint density at radius 3 is 2.75 bits per heavy atom. The zero-order chi connectivity index (χ0) is 14.2. The Balaban J connectivity index is 2.01. The number of nitrogens with zero attached hydrogens (tertiary/aromatic N) is 3. The third kappa shape index (κ3) is 3.93. The van der Waals surface area contributed by atoms with Crippen molar-refractivity contribution in [3.63, 3.8) is 0 Å². The van der Waals surface area contributed by atoms with Crippen LogP contribution in [-0.4, -0.2) is 30.2 Å². The lowest BCUT2D eigenvalue weighted by Crippen LogP contribution is -2.09. The maximum absolute atomic E-state index is 8.74. The molecule has 1 aromatic heterocycles. The molecule has 102 valence electrons. The average Bonchev–Trinajstić information content (AvgIpc) is 2.49. The lowest BCUT2D eigenvalue weighted by atomic mass is 10.2. The summed E-state index contributed by atoms with van der Waals surface area (Å²) in [6.07, 6.45) is 1.67. The van der Waals surface area contributed by atoms with Gasteiger partial charge >= 0.3 is 0 Å². The second-order valence-electron chi connectivity index (χ2n) is 4.00. The molecule has 6 nitrogen and oxygen atoms in total. The minimum Gasteiger partial charge on any atom is -0.383 e. The highest BCUT2D eigenvalue weighted by atomic mass is 16.5. The Kier molecular flexibility index (Phi) is 4.87. The van der Waals surface area contributed by atoms with Crippen molar-refractivity contribution in [2.75, 3.05) is 30.9 Å². The van der Waals surface area contributed by atoms with E-state index in [0.717, 1.165) is 11.5 Å². The van der Waals surface area contributed by atoms with Gasteiger partial charge < -0.3 is 15.4 Å². The van der Waals surface area contributed by atoms with Crippen molar-refractivity contribution in [3.05, 3.63) is 42.1 Å². The van der Waals surface area contributed by atoms with Crippen LogP contribution in [-0.2, 0) is 4.74 Å². The first kappa shape index (κ1) is 13.8. The number of ether oxygens (including phenoxy) is 1. The summed E-state index contributed by atoms with van der Waals surface area (Å²) in [4.78, 5) is 8.48. The molecule has 2 aromatic rings. The highest BCUT2D eigenvalue weighted by Crippen LogP contribution is 2.14. The van der Waals surface area contributed by atoms with Gasteiger partial charge in [0.2, 0.25) is 5.95 Å². The lowest BCUT2D eigenvalue weighted by Gasteiger charge is -2.08. The summed E-state index contributed by atoms with van der Waals surface area (Å²) < 4.78 is 4.96. The predicted octanol–water partition coefficient (Wildman–Crippen LogP) is 2.15. The van der Waals surface area contributed by atoms with Crippen molar-refractivity contribution >= 4 is 17.5 Å². The van der Waals surface area contributed by atoms with E-state index in [2.05, 4.69) is 26.7 Å². The molecule has 0 aliphatic carbocycles. The summed E-state index contributed by atoms with van der Waals surface area (Å²) in [6.45, 7) is 1.30. The zero-order valence-electron chi connectivity index (χ0n) is 11.1. The quantitative estimate of drug-likeness (QED) is 0.782. The topological polar surface area (TPSA) is 82.9 Å². The first-order valence-corrected chi connectivity index (χ1v) is 6.15. The van der Waals surface area contributed by atoms with E-state index < -0.39 is 0 Å². The third-order valence-corrected chi connectivity index (χ3v) is 2.54. The van der Waals surface area contributed by atoms with Crippen molar-refractivity contribution < 1.29 is 4.74 Å². The molecular formula is C14H15N5O. The molecule has 0 amide bonds. The molecule has 0 atom stereocenters. The Bertz CT molecular complexity index is 591. The van der Waals surface area contributed by atoms with Crippen LogP contribution in [0.2, 0.25) is 0 Å². The molecule has 2 N–H and O–H groups in total. The molecule has 0 bridgehead atoms. The van der Waals surface area contributed by atoms with Crippen molar-refractivity contribution in [1.82, 2.24) is 9.97 Å². The van der Waals surface area contributed by atoms with E-state index in [-0.39, 0.29) is 0 Å². The van der Waals surface area contributed by atoms with Gasteiger partial charge in [0.05, 0.1) is 18.2 Å². The van der Waals surface area contributed by atoms with Crippen LogP contribution in [0.3, 0.4) is 0 Å². The van der Waals surface area contributed by atoms with Crippen molar-refractivity contribution in [1.29, 1.82) is 5.26 Å². The fourth-order valence-corrected chi connectivity index (χ4v) is 1.56. The Morgan fingerprint density at radius 1 is 1.25 bits per heavy atom. The molecule has 1 heterocycles. The summed E-state index contributed by atoms with van der Waals surface area (Å²) in [7, 11) is 1.65. The normalized spacial score (nSPS) is 9.80. The van der Waals surface area contributed by atoms with Crippen LogP contribution in [0.5, 0.6) is 0 Å². The van der Waals surface area contributed by atoms with Gasteiger partial charge in [0.15, 0.2) is 0 Å². The molecule has 20 heavy (non-hydrogen) atoms. The first-order chi connectivity index (χ1) is 9.81. The van der Waals surface area contributed by atoms with Gasteiger partial charge in [0, 0.05) is 25.5 Å². The number of nitrogens with one attached hydrogen (secondary N) is 2. The van der Waals surface area contributed by atoms with Crippen LogP contribution in [0.4, 0.5) is 17.5 Å². The third-order valence-electron chi connectivity index (χ3n) is 2.54. The Morgan fingerprint density at radius 2 is 2.05 bits per heavy atom.